The molecule has 0 saturated carbocycles. The molecule has 1 aliphatic carbocycles. The molecule has 26 heavy (non-hydrogen) atoms. The Morgan fingerprint density at radius 3 is 2.15 bits per heavy atom. The number of carbonyl (C=O) groups excluding carboxylic acids is 2. The second-order valence-electron chi connectivity index (χ2n) is 6.17. The first kappa shape index (κ1) is 17.9. The molecule has 0 atom stereocenters. The van der Waals surface area contributed by atoms with Crippen LogP contribution < -0.4 is 9.47 Å². The number of rotatable bonds is 6. The molecule has 5 nitrogen and oxygen atoms in total. The zero-order valence-electron chi connectivity index (χ0n) is 15.1. The molecule has 0 amide bonds. The quantitative estimate of drug-likeness (QED) is 0.591. The van der Waals surface area contributed by atoms with Crippen molar-refractivity contribution in [3.8, 4) is 11.5 Å². The number of hydrogen-bond donors (Lipinski definition) is 0. The summed E-state index contributed by atoms with van der Waals surface area (Å²) in [5.74, 6) is 0.256. The van der Waals surface area contributed by atoms with Crippen LogP contribution in [0.5, 0.6) is 11.5 Å². The Kier molecular flexibility index (Phi) is 5.16. The average Bonchev–Trinajstić information content (AvgIpc) is 2.92. The second kappa shape index (κ2) is 7.52. The van der Waals surface area contributed by atoms with Gasteiger partial charge in [-0.2, -0.15) is 0 Å². The maximum Gasteiger partial charge on any atom is 0.180 e. The van der Waals surface area contributed by atoms with Crippen LogP contribution in [0.2, 0.25) is 0 Å². The van der Waals surface area contributed by atoms with Crippen LogP contribution in [0.1, 0.15) is 33.2 Å². The Morgan fingerprint density at radius 1 is 0.962 bits per heavy atom. The van der Waals surface area contributed by atoms with Crippen LogP contribution in [0, 0.1) is 5.92 Å². The third-order valence-electron chi connectivity index (χ3n) is 4.61. The fourth-order valence-corrected chi connectivity index (χ4v) is 3.21. The predicted octanol–water partition coefficient (Wildman–Crippen LogP) is 3.40. The van der Waals surface area contributed by atoms with E-state index in [-0.39, 0.29) is 11.6 Å². The number of nitrogens with zero attached hydrogens (tertiary/aromatic N) is 1. The SMILES string of the molecule is COc1ccc(CCN=C(C)C2C(=O)c3ccccc3C2=O)cc1OC. The van der Waals surface area contributed by atoms with E-state index in [1.54, 1.807) is 45.4 Å². The van der Waals surface area contributed by atoms with E-state index in [9.17, 15) is 9.59 Å². The van der Waals surface area contributed by atoms with Crippen molar-refractivity contribution in [3.05, 3.63) is 59.2 Å². The highest BCUT2D eigenvalue weighted by atomic mass is 16.5. The fourth-order valence-electron chi connectivity index (χ4n) is 3.21. The summed E-state index contributed by atoms with van der Waals surface area (Å²) in [5.41, 5.74) is 2.61. The molecule has 0 unspecified atom stereocenters. The van der Waals surface area contributed by atoms with Gasteiger partial charge in [0.2, 0.25) is 0 Å². The Labute approximate surface area is 152 Å². The largest absolute Gasteiger partial charge is 0.493 e. The lowest BCUT2D eigenvalue weighted by Crippen LogP contribution is -2.23. The minimum Gasteiger partial charge on any atom is -0.493 e. The maximum absolute atomic E-state index is 12.5. The molecule has 0 aromatic heterocycles. The molecule has 1 aliphatic rings. The molecule has 5 heteroatoms. The highest BCUT2D eigenvalue weighted by molar-refractivity contribution is 6.36. The van der Waals surface area contributed by atoms with Crippen LogP contribution in [0.4, 0.5) is 0 Å². The fraction of sp³-hybridized carbons (Fsp3) is 0.286. The first-order chi connectivity index (χ1) is 12.6. The highest BCUT2D eigenvalue weighted by Gasteiger charge is 2.39. The van der Waals surface area contributed by atoms with Gasteiger partial charge in [0.25, 0.3) is 0 Å². The van der Waals surface area contributed by atoms with Crippen LogP contribution in [0.25, 0.3) is 0 Å². The smallest absolute Gasteiger partial charge is 0.180 e. The summed E-state index contributed by atoms with van der Waals surface area (Å²) >= 11 is 0. The second-order valence-corrected chi connectivity index (χ2v) is 6.17. The third-order valence-corrected chi connectivity index (χ3v) is 4.61. The summed E-state index contributed by atoms with van der Waals surface area (Å²) in [5, 5.41) is 0. The molecule has 0 aliphatic heterocycles. The molecule has 3 rings (SSSR count). The molecule has 2 aromatic rings. The molecule has 0 saturated heterocycles. The third kappa shape index (κ3) is 3.25. The first-order valence-corrected chi connectivity index (χ1v) is 8.46. The molecule has 0 radical (unpaired) electrons. The number of aliphatic imine (C=N–C) groups is 1. The van der Waals surface area contributed by atoms with E-state index in [0.29, 0.717) is 41.3 Å². The van der Waals surface area contributed by atoms with E-state index in [1.165, 1.54) is 0 Å². The van der Waals surface area contributed by atoms with Gasteiger partial charge in [0.05, 0.1) is 14.2 Å². The van der Waals surface area contributed by atoms with Crippen molar-refractivity contribution in [2.45, 2.75) is 13.3 Å². The van der Waals surface area contributed by atoms with E-state index in [1.807, 2.05) is 18.2 Å². The number of benzene rings is 2. The Bertz CT molecular complexity index is 850. The predicted molar refractivity (Wildman–Crippen MR) is 99.8 cm³/mol. The Hall–Kier alpha value is -2.95. The molecular formula is C21H21NO4. The standard InChI is InChI=1S/C21H21NO4/c1-13(19-20(23)15-6-4-5-7-16(15)21(19)24)22-11-10-14-8-9-17(25-2)18(12-14)26-3/h4-9,12,19H,10-11H2,1-3H3. The summed E-state index contributed by atoms with van der Waals surface area (Å²) in [6.07, 6.45) is 0.680. The van der Waals surface area contributed by atoms with Crippen molar-refractivity contribution in [2.75, 3.05) is 20.8 Å². The topological polar surface area (TPSA) is 65.0 Å². The van der Waals surface area contributed by atoms with Crippen molar-refractivity contribution in [1.82, 2.24) is 0 Å². The van der Waals surface area contributed by atoms with Gasteiger partial charge in [-0.15, -0.1) is 0 Å². The van der Waals surface area contributed by atoms with E-state index >= 15 is 0 Å². The van der Waals surface area contributed by atoms with Gasteiger partial charge in [0.15, 0.2) is 23.1 Å². The Balaban J connectivity index is 1.70. The molecule has 0 N–H and O–H groups in total. The van der Waals surface area contributed by atoms with Crippen molar-refractivity contribution in [3.63, 3.8) is 0 Å². The van der Waals surface area contributed by atoms with Gasteiger partial charge in [-0.3, -0.25) is 14.6 Å². The minimum absolute atomic E-state index is 0.155. The number of carbonyl (C=O) groups is 2. The molecule has 0 spiro atoms. The van der Waals surface area contributed by atoms with Crippen LogP contribution in [-0.2, 0) is 6.42 Å². The lowest BCUT2D eigenvalue weighted by Gasteiger charge is -2.10. The molecule has 134 valence electrons. The zero-order valence-corrected chi connectivity index (χ0v) is 15.1. The maximum atomic E-state index is 12.5. The van der Waals surface area contributed by atoms with Gasteiger partial charge in [-0.1, -0.05) is 30.3 Å². The van der Waals surface area contributed by atoms with Crippen LogP contribution in [0.15, 0.2) is 47.5 Å². The van der Waals surface area contributed by atoms with Crippen LogP contribution in [-0.4, -0.2) is 38.0 Å². The summed E-state index contributed by atoms with van der Waals surface area (Å²) in [7, 11) is 3.19. The number of Topliss-reactive ketones (excluding diaryl/α,β-unsaturated/α-hetero) is 2. The van der Waals surface area contributed by atoms with Crippen LogP contribution >= 0.6 is 0 Å². The van der Waals surface area contributed by atoms with Crippen molar-refractivity contribution in [1.29, 1.82) is 0 Å². The van der Waals surface area contributed by atoms with E-state index < -0.39 is 5.92 Å². The van der Waals surface area contributed by atoms with Gasteiger partial charge in [-0.05, 0) is 31.0 Å². The van der Waals surface area contributed by atoms with E-state index in [4.69, 9.17) is 9.47 Å². The minimum atomic E-state index is -0.780. The van der Waals surface area contributed by atoms with Gasteiger partial charge < -0.3 is 9.47 Å². The summed E-state index contributed by atoms with van der Waals surface area (Å²) in [6.45, 7) is 2.25. The van der Waals surface area contributed by atoms with Crippen LogP contribution in [0.3, 0.4) is 0 Å². The first-order valence-electron chi connectivity index (χ1n) is 8.46. The van der Waals surface area contributed by atoms with Crippen molar-refractivity contribution >= 4 is 17.3 Å². The molecule has 0 bridgehead atoms. The highest BCUT2D eigenvalue weighted by Crippen LogP contribution is 2.29. The summed E-state index contributed by atoms with van der Waals surface area (Å²) < 4.78 is 10.5. The lowest BCUT2D eigenvalue weighted by molar-refractivity contribution is 0.0883. The molecule has 0 heterocycles. The van der Waals surface area contributed by atoms with E-state index in [2.05, 4.69) is 4.99 Å². The number of hydrogen-bond acceptors (Lipinski definition) is 5. The number of methoxy groups -OCH3 is 2. The normalized spacial score (nSPS) is 14.5. The number of ether oxygens (including phenoxy) is 2. The zero-order chi connectivity index (χ0) is 18.7. The van der Waals surface area contributed by atoms with Crippen molar-refractivity contribution < 1.29 is 19.1 Å². The van der Waals surface area contributed by atoms with Gasteiger partial charge in [0.1, 0.15) is 5.92 Å². The monoisotopic (exact) mass is 351 g/mol. The van der Waals surface area contributed by atoms with E-state index in [0.717, 1.165) is 5.56 Å². The lowest BCUT2D eigenvalue weighted by atomic mass is 9.99. The molecule has 2 aromatic carbocycles. The van der Waals surface area contributed by atoms with Gasteiger partial charge in [0, 0.05) is 23.4 Å². The number of ketones is 2. The van der Waals surface area contributed by atoms with Gasteiger partial charge >= 0.3 is 0 Å². The Morgan fingerprint density at radius 2 is 1.58 bits per heavy atom. The number of fused-ring (bicyclic) bond motifs is 1. The summed E-state index contributed by atoms with van der Waals surface area (Å²) in [4.78, 5) is 29.5. The van der Waals surface area contributed by atoms with Crippen molar-refractivity contribution in [2.24, 2.45) is 10.9 Å². The molecule has 0 fully saturated rings. The summed E-state index contributed by atoms with van der Waals surface area (Å²) in [6, 6.07) is 12.7. The van der Waals surface area contributed by atoms with Gasteiger partial charge in [-0.25, -0.2) is 0 Å². The molecular weight excluding hydrogens is 330 g/mol. The average molecular weight is 351 g/mol.